The molecule has 0 amide bonds. The second-order valence-corrected chi connectivity index (χ2v) is 6.36. The van der Waals surface area contributed by atoms with Crippen LogP contribution in [0.2, 0.25) is 0 Å². The lowest BCUT2D eigenvalue weighted by atomic mass is 10.00. The fourth-order valence-corrected chi connectivity index (χ4v) is 4.16. The van der Waals surface area contributed by atoms with Crippen molar-refractivity contribution in [2.45, 2.75) is 45.3 Å². The Balaban J connectivity index is 3.07. The third kappa shape index (κ3) is 2.66. The molecule has 0 saturated heterocycles. The van der Waals surface area contributed by atoms with Gasteiger partial charge >= 0.3 is 5.17 Å². The van der Waals surface area contributed by atoms with Crippen molar-refractivity contribution < 1.29 is 4.84 Å². The van der Waals surface area contributed by atoms with Gasteiger partial charge in [-0.25, -0.2) is 0 Å². The van der Waals surface area contributed by atoms with E-state index < -0.39 is 0 Å². The molecular weight excluding hydrogens is 232 g/mol. The number of rotatable bonds is 5. The summed E-state index contributed by atoms with van der Waals surface area (Å²) in [6, 6.07) is 0. The molecule has 1 heterocycles. The van der Waals surface area contributed by atoms with Crippen LogP contribution in [0.1, 0.15) is 40.5 Å². The van der Waals surface area contributed by atoms with E-state index in [2.05, 4.69) is 36.8 Å². The van der Waals surface area contributed by atoms with Gasteiger partial charge in [0, 0.05) is 6.42 Å². The first-order valence-corrected chi connectivity index (χ1v) is 7.45. The van der Waals surface area contributed by atoms with Gasteiger partial charge in [0.1, 0.15) is 6.61 Å². The van der Waals surface area contributed by atoms with E-state index in [1.807, 2.05) is 6.92 Å². The van der Waals surface area contributed by atoms with E-state index in [0.717, 1.165) is 18.0 Å². The predicted octanol–water partition coefficient (Wildman–Crippen LogP) is 2.58. The lowest BCUT2D eigenvalue weighted by Gasteiger charge is -2.20. The van der Waals surface area contributed by atoms with Crippen molar-refractivity contribution in [3.8, 4) is 12.3 Å². The predicted molar refractivity (Wildman–Crippen MR) is 76.5 cm³/mol. The SMILES string of the molecule is C#CC[S+]1C(=NOCC)N=C(CC)C1(C)CC. The molecule has 0 saturated carbocycles. The fourth-order valence-electron chi connectivity index (χ4n) is 1.96. The molecular formula is C13H21N2OS+. The molecule has 2 unspecified atom stereocenters. The summed E-state index contributed by atoms with van der Waals surface area (Å²) < 4.78 is 0.0665. The standard InChI is InChI=1S/C13H21N2OS/c1-6-10-17-12(15-16-9-4)14-11(7-2)13(17,5)8-3/h1H,7-10H2,2-5H3/q+1. The zero-order chi connectivity index (χ0) is 12.9. The van der Waals surface area contributed by atoms with Gasteiger partial charge in [-0.15, -0.1) is 6.42 Å². The molecule has 1 aliphatic heterocycles. The lowest BCUT2D eigenvalue weighted by Crippen LogP contribution is -2.41. The molecule has 0 aliphatic carbocycles. The van der Waals surface area contributed by atoms with E-state index in [1.165, 1.54) is 5.71 Å². The molecule has 1 aliphatic rings. The number of nitrogens with zero attached hydrogens (tertiary/aromatic N) is 2. The van der Waals surface area contributed by atoms with E-state index in [-0.39, 0.29) is 15.6 Å². The van der Waals surface area contributed by atoms with Crippen molar-refractivity contribution in [1.29, 1.82) is 0 Å². The molecule has 0 fully saturated rings. The maximum Gasteiger partial charge on any atom is 0.379 e. The molecule has 1 rings (SSSR count). The Bertz CT molecular complexity index is 370. The first kappa shape index (κ1) is 14.1. The smallest absolute Gasteiger partial charge is 0.379 e. The number of oxime groups is 1. The molecule has 0 aromatic rings. The number of hydrogen-bond donors (Lipinski definition) is 0. The highest BCUT2D eigenvalue weighted by Crippen LogP contribution is 2.34. The van der Waals surface area contributed by atoms with Gasteiger partial charge < -0.3 is 4.84 Å². The summed E-state index contributed by atoms with van der Waals surface area (Å²) in [5, 5.41) is 4.93. The van der Waals surface area contributed by atoms with Gasteiger partial charge in [-0.05, 0) is 25.4 Å². The second-order valence-electron chi connectivity index (χ2n) is 4.03. The van der Waals surface area contributed by atoms with Crippen molar-refractivity contribution in [3.63, 3.8) is 0 Å². The maximum atomic E-state index is 5.47. The summed E-state index contributed by atoms with van der Waals surface area (Å²) in [6.07, 6.45) is 7.46. The van der Waals surface area contributed by atoms with Crippen LogP contribution in [0.5, 0.6) is 0 Å². The van der Waals surface area contributed by atoms with Crippen LogP contribution >= 0.6 is 0 Å². The highest BCUT2D eigenvalue weighted by Gasteiger charge is 2.54. The molecule has 17 heavy (non-hydrogen) atoms. The topological polar surface area (TPSA) is 34.0 Å². The Morgan fingerprint density at radius 3 is 2.65 bits per heavy atom. The van der Waals surface area contributed by atoms with Gasteiger partial charge in [-0.2, -0.15) is 4.99 Å². The first-order chi connectivity index (χ1) is 8.13. The number of hydrogen-bond acceptors (Lipinski definition) is 2. The largest absolute Gasteiger partial charge is 0.391 e. The number of amidine groups is 1. The summed E-state index contributed by atoms with van der Waals surface area (Å²) in [7, 11) is -0.115. The van der Waals surface area contributed by atoms with E-state index in [9.17, 15) is 0 Å². The molecule has 0 aromatic carbocycles. The Kier molecular flexibility index (Phi) is 5.07. The monoisotopic (exact) mass is 253 g/mol. The molecule has 3 nitrogen and oxygen atoms in total. The van der Waals surface area contributed by atoms with Crippen LogP contribution in [0.4, 0.5) is 0 Å². The molecule has 0 radical (unpaired) electrons. The molecule has 0 aromatic heterocycles. The maximum absolute atomic E-state index is 5.47. The number of terminal acetylenes is 1. The van der Waals surface area contributed by atoms with Gasteiger partial charge in [0.05, 0.1) is 16.6 Å². The minimum atomic E-state index is -0.115. The minimum Gasteiger partial charge on any atom is -0.391 e. The molecule has 0 bridgehead atoms. The van der Waals surface area contributed by atoms with Crippen molar-refractivity contribution in [2.24, 2.45) is 10.1 Å². The summed E-state index contributed by atoms with van der Waals surface area (Å²) >= 11 is 0. The Labute approximate surface area is 107 Å². The van der Waals surface area contributed by atoms with Gasteiger partial charge in [0.25, 0.3) is 0 Å². The van der Waals surface area contributed by atoms with E-state index in [4.69, 9.17) is 11.3 Å². The van der Waals surface area contributed by atoms with Crippen molar-refractivity contribution >= 4 is 21.8 Å². The average Bonchev–Trinajstić information content (AvgIpc) is 2.61. The van der Waals surface area contributed by atoms with E-state index >= 15 is 0 Å². The summed E-state index contributed by atoms with van der Waals surface area (Å²) in [5.41, 5.74) is 1.21. The van der Waals surface area contributed by atoms with Crippen molar-refractivity contribution in [2.75, 3.05) is 12.4 Å². The zero-order valence-corrected chi connectivity index (χ0v) is 11.9. The molecule has 0 N–H and O–H groups in total. The molecule has 4 heteroatoms. The molecule has 94 valence electrons. The summed E-state index contributed by atoms with van der Waals surface area (Å²) in [5.74, 6) is 3.45. The Hall–Kier alpha value is -0.950. The van der Waals surface area contributed by atoms with Crippen LogP contribution < -0.4 is 0 Å². The third-order valence-electron chi connectivity index (χ3n) is 3.11. The van der Waals surface area contributed by atoms with Gasteiger partial charge in [-0.3, -0.25) is 0 Å². The third-order valence-corrected chi connectivity index (χ3v) is 5.79. The van der Waals surface area contributed by atoms with Crippen LogP contribution in [0, 0.1) is 12.3 Å². The highest BCUT2D eigenvalue weighted by molar-refractivity contribution is 8.13. The van der Waals surface area contributed by atoms with Crippen LogP contribution in [0.25, 0.3) is 0 Å². The van der Waals surface area contributed by atoms with E-state index in [1.54, 1.807) is 0 Å². The summed E-state index contributed by atoms with van der Waals surface area (Å²) in [4.78, 5) is 9.77. The molecule has 2 atom stereocenters. The fraction of sp³-hybridized carbons (Fsp3) is 0.692. The second kappa shape index (κ2) is 6.11. The van der Waals surface area contributed by atoms with Crippen LogP contribution in [0.3, 0.4) is 0 Å². The average molecular weight is 253 g/mol. The van der Waals surface area contributed by atoms with Gasteiger partial charge in [0.15, 0.2) is 10.5 Å². The summed E-state index contributed by atoms with van der Waals surface area (Å²) in [6.45, 7) is 9.04. The van der Waals surface area contributed by atoms with Crippen LogP contribution in [0.15, 0.2) is 10.1 Å². The van der Waals surface area contributed by atoms with Crippen LogP contribution in [-0.4, -0.2) is 28.0 Å². The lowest BCUT2D eigenvalue weighted by molar-refractivity contribution is 0.159. The minimum absolute atomic E-state index is 0.0665. The van der Waals surface area contributed by atoms with Crippen LogP contribution in [-0.2, 0) is 15.7 Å². The van der Waals surface area contributed by atoms with Crippen molar-refractivity contribution in [1.82, 2.24) is 0 Å². The van der Waals surface area contributed by atoms with Crippen molar-refractivity contribution in [3.05, 3.63) is 0 Å². The quantitative estimate of drug-likeness (QED) is 0.421. The molecule has 0 spiro atoms. The Morgan fingerprint density at radius 2 is 2.18 bits per heavy atom. The first-order valence-electron chi connectivity index (χ1n) is 6.06. The number of aliphatic imine (C=N–C) groups is 1. The highest BCUT2D eigenvalue weighted by atomic mass is 32.2. The normalized spacial score (nSPS) is 30.2. The van der Waals surface area contributed by atoms with Gasteiger partial charge in [-0.1, -0.05) is 19.8 Å². The Morgan fingerprint density at radius 1 is 1.47 bits per heavy atom. The zero-order valence-electron chi connectivity index (χ0n) is 11.1. The van der Waals surface area contributed by atoms with E-state index in [0.29, 0.717) is 12.4 Å². The van der Waals surface area contributed by atoms with Gasteiger partial charge in [0.2, 0.25) is 0 Å².